The Morgan fingerprint density at radius 2 is 1.91 bits per heavy atom. The van der Waals surface area contributed by atoms with E-state index in [1.54, 1.807) is 24.1 Å². The molecule has 0 saturated heterocycles. The monoisotopic (exact) mass is 299 g/mol. The number of phenols is 1. The van der Waals surface area contributed by atoms with Gasteiger partial charge in [0.15, 0.2) is 0 Å². The fourth-order valence-corrected chi connectivity index (χ4v) is 3.27. The second kappa shape index (κ2) is 5.97. The molecule has 1 aliphatic rings. The van der Waals surface area contributed by atoms with E-state index in [0.717, 1.165) is 30.0 Å². The number of carbonyl (C=O) groups is 1. The van der Waals surface area contributed by atoms with Gasteiger partial charge < -0.3 is 15.1 Å². The van der Waals surface area contributed by atoms with Crippen LogP contribution in [0, 0.1) is 5.92 Å². The van der Waals surface area contributed by atoms with Gasteiger partial charge in [-0.3, -0.25) is 4.79 Å². The molecule has 1 amide bonds. The third-order valence-corrected chi connectivity index (χ3v) is 4.57. The van der Waals surface area contributed by atoms with Crippen LogP contribution in [0.3, 0.4) is 0 Å². The van der Waals surface area contributed by atoms with Crippen molar-refractivity contribution >= 4 is 16.7 Å². The molecule has 2 aromatic rings. The summed E-state index contributed by atoms with van der Waals surface area (Å²) in [5.41, 5.74) is 0.314. The van der Waals surface area contributed by atoms with E-state index >= 15 is 0 Å². The van der Waals surface area contributed by atoms with Crippen molar-refractivity contribution in [2.75, 3.05) is 13.6 Å². The van der Waals surface area contributed by atoms with Gasteiger partial charge in [-0.2, -0.15) is 0 Å². The average Bonchev–Trinajstić information content (AvgIpc) is 2.91. The lowest BCUT2D eigenvalue weighted by Crippen LogP contribution is -2.34. The summed E-state index contributed by atoms with van der Waals surface area (Å²) in [6.45, 7) is 0.520. The van der Waals surface area contributed by atoms with E-state index < -0.39 is 0 Å². The first kappa shape index (κ1) is 14.9. The third kappa shape index (κ3) is 2.79. The van der Waals surface area contributed by atoms with Gasteiger partial charge in [-0.25, -0.2) is 0 Å². The lowest BCUT2D eigenvalue weighted by molar-refractivity contribution is 0.0691. The van der Waals surface area contributed by atoms with Crippen LogP contribution in [-0.4, -0.2) is 40.7 Å². The molecule has 4 nitrogen and oxygen atoms in total. The standard InChI is InChI=1S/C18H21NO3/c1-19(11-14-7-4-8-16(14)20)18(22)15-9-12-5-2-3-6-13(12)10-17(15)21/h2-3,5-6,9-10,14,16,20-21H,4,7-8,11H2,1H3. The predicted molar refractivity (Wildman–Crippen MR) is 85.9 cm³/mol. The van der Waals surface area contributed by atoms with Gasteiger partial charge in [0, 0.05) is 19.5 Å². The minimum Gasteiger partial charge on any atom is -0.507 e. The van der Waals surface area contributed by atoms with Crippen molar-refractivity contribution in [2.24, 2.45) is 5.92 Å². The minimum atomic E-state index is -0.319. The van der Waals surface area contributed by atoms with Gasteiger partial charge in [-0.15, -0.1) is 0 Å². The number of rotatable bonds is 3. The van der Waals surface area contributed by atoms with Gasteiger partial charge in [0.05, 0.1) is 11.7 Å². The van der Waals surface area contributed by atoms with Crippen LogP contribution in [-0.2, 0) is 0 Å². The highest BCUT2D eigenvalue weighted by molar-refractivity contribution is 6.01. The molecule has 0 radical (unpaired) electrons. The number of aliphatic hydroxyl groups excluding tert-OH is 1. The van der Waals surface area contributed by atoms with Crippen molar-refractivity contribution in [3.05, 3.63) is 42.0 Å². The molecule has 116 valence electrons. The molecule has 2 aromatic carbocycles. The predicted octanol–water partition coefficient (Wildman–Crippen LogP) is 2.78. The number of carbonyl (C=O) groups excluding carboxylic acids is 1. The topological polar surface area (TPSA) is 60.8 Å². The molecule has 1 saturated carbocycles. The van der Waals surface area contributed by atoms with Crippen molar-refractivity contribution < 1.29 is 15.0 Å². The summed E-state index contributed by atoms with van der Waals surface area (Å²) in [6.07, 6.45) is 2.45. The van der Waals surface area contributed by atoms with E-state index in [-0.39, 0.29) is 23.7 Å². The fourth-order valence-electron chi connectivity index (χ4n) is 3.27. The molecule has 0 aliphatic heterocycles. The third-order valence-electron chi connectivity index (χ3n) is 4.57. The van der Waals surface area contributed by atoms with Gasteiger partial charge in [0.2, 0.25) is 0 Å². The zero-order valence-corrected chi connectivity index (χ0v) is 12.7. The van der Waals surface area contributed by atoms with Crippen LogP contribution in [0.15, 0.2) is 36.4 Å². The summed E-state index contributed by atoms with van der Waals surface area (Å²) in [4.78, 5) is 14.2. The van der Waals surface area contributed by atoms with E-state index in [9.17, 15) is 15.0 Å². The second-order valence-electron chi connectivity index (χ2n) is 6.16. The maximum Gasteiger partial charge on any atom is 0.257 e. The summed E-state index contributed by atoms with van der Waals surface area (Å²) in [6, 6.07) is 11.0. The summed E-state index contributed by atoms with van der Waals surface area (Å²) >= 11 is 0. The fraction of sp³-hybridized carbons (Fsp3) is 0.389. The van der Waals surface area contributed by atoms with Gasteiger partial charge in [0.1, 0.15) is 5.75 Å². The number of hydrogen-bond acceptors (Lipinski definition) is 3. The average molecular weight is 299 g/mol. The largest absolute Gasteiger partial charge is 0.507 e. The molecular weight excluding hydrogens is 278 g/mol. The van der Waals surface area contributed by atoms with Gasteiger partial charge in [0.25, 0.3) is 5.91 Å². The van der Waals surface area contributed by atoms with Crippen LogP contribution in [0.25, 0.3) is 10.8 Å². The molecule has 0 aromatic heterocycles. The molecule has 2 atom stereocenters. The van der Waals surface area contributed by atoms with Crippen LogP contribution in [0.5, 0.6) is 5.75 Å². The van der Waals surface area contributed by atoms with Crippen molar-refractivity contribution in [1.82, 2.24) is 4.90 Å². The molecule has 2 N–H and O–H groups in total. The number of hydrogen-bond donors (Lipinski definition) is 2. The minimum absolute atomic E-state index is 0.00233. The highest BCUT2D eigenvalue weighted by Gasteiger charge is 2.28. The van der Waals surface area contributed by atoms with Crippen LogP contribution in [0.4, 0.5) is 0 Å². The molecule has 1 aliphatic carbocycles. The summed E-state index contributed by atoms with van der Waals surface area (Å²) in [7, 11) is 1.72. The van der Waals surface area contributed by atoms with E-state index in [2.05, 4.69) is 0 Å². The van der Waals surface area contributed by atoms with Crippen molar-refractivity contribution in [2.45, 2.75) is 25.4 Å². The number of nitrogens with zero attached hydrogens (tertiary/aromatic N) is 1. The molecular formula is C18H21NO3. The SMILES string of the molecule is CN(CC1CCCC1O)C(=O)c1cc2ccccc2cc1O. The number of benzene rings is 2. The lowest BCUT2D eigenvalue weighted by Gasteiger charge is -2.23. The first-order valence-corrected chi connectivity index (χ1v) is 7.71. The van der Waals surface area contributed by atoms with E-state index in [1.807, 2.05) is 24.3 Å². The maximum absolute atomic E-state index is 12.6. The van der Waals surface area contributed by atoms with Crippen LogP contribution in [0.1, 0.15) is 29.6 Å². The lowest BCUT2D eigenvalue weighted by atomic mass is 10.0. The Balaban J connectivity index is 1.83. The molecule has 0 heterocycles. The molecule has 1 fully saturated rings. The van der Waals surface area contributed by atoms with Crippen molar-refractivity contribution in [1.29, 1.82) is 0 Å². The molecule has 3 rings (SSSR count). The first-order valence-electron chi connectivity index (χ1n) is 7.71. The normalized spacial score (nSPS) is 21.2. The number of fused-ring (bicyclic) bond motifs is 1. The van der Waals surface area contributed by atoms with Crippen molar-refractivity contribution in [3.8, 4) is 5.75 Å². The van der Waals surface area contributed by atoms with Crippen LogP contribution in [0.2, 0.25) is 0 Å². The molecule has 0 bridgehead atoms. The van der Waals surface area contributed by atoms with Crippen molar-refractivity contribution in [3.63, 3.8) is 0 Å². The molecule has 0 spiro atoms. The van der Waals surface area contributed by atoms with E-state index in [1.165, 1.54) is 0 Å². The Labute approximate surface area is 130 Å². The Bertz CT molecular complexity index is 698. The smallest absolute Gasteiger partial charge is 0.257 e. The Morgan fingerprint density at radius 3 is 2.55 bits per heavy atom. The van der Waals surface area contributed by atoms with Gasteiger partial charge in [-0.05, 0) is 35.7 Å². The molecule has 2 unspecified atom stereocenters. The Morgan fingerprint density at radius 1 is 1.23 bits per heavy atom. The van der Waals surface area contributed by atoms with Crippen LogP contribution >= 0.6 is 0 Å². The summed E-state index contributed by atoms with van der Waals surface area (Å²) in [5, 5.41) is 21.9. The molecule has 4 heteroatoms. The zero-order valence-electron chi connectivity index (χ0n) is 12.7. The Hall–Kier alpha value is -2.07. The van der Waals surface area contributed by atoms with Gasteiger partial charge in [-0.1, -0.05) is 30.7 Å². The first-order chi connectivity index (χ1) is 10.6. The van der Waals surface area contributed by atoms with Gasteiger partial charge >= 0.3 is 0 Å². The van der Waals surface area contributed by atoms with E-state index in [0.29, 0.717) is 12.1 Å². The molecule has 22 heavy (non-hydrogen) atoms. The summed E-state index contributed by atoms with van der Waals surface area (Å²) in [5.74, 6) is -0.0681. The number of amides is 1. The highest BCUT2D eigenvalue weighted by Crippen LogP contribution is 2.29. The maximum atomic E-state index is 12.6. The number of aliphatic hydroxyl groups is 1. The highest BCUT2D eigenvalue weighted by atomic mass is 16.3. The second-order valence-corrected chi connectivity index (χ2v) is 6.16. The summed E-state index contributed by atoms with van der Waals surface area (Å²) < 4.78 is 0. The zero-order chi connectivity index (χ0) is 15.7. The van der Waals surface area contributed by atoms with E-state index in [4.69, 9.17) is 0 Å². The quantitative estimate of drug-likeness (QED) is 0.916. The number of phenolic OH excluding ortho intramolecular Hbond substituents is 1. The Kier molecular flexibility index (Phi) is 4.03. The van der Waals surface area contributed by atoms with Crippen LogP contribution < -0.4 is 0 Å². The number of aromatic hydroxyl groups is 1.